The van der Waals surface area contributed by atoms with Gasteiger partial charge in [-0.15, -0.1) is 0 Å². The molecule has 12 nitrogen and oxygen atoms in total. The predicted molar refractivity (Wildman–Crippen MR) is 80.3 cm³/mol. The van der Waals surface area contributed by atoms with Crippen molar-refractivity contribution in [3.63, 3.8) is 0 Å². The predicted octanol–water partition coefficient (Wildman–Crippen LogP) is -4.93. The van der Waals surface area contributed by atoms with E-state index in [0.29, 0.717) is 0 Å². The Balaban J connectivity index is 3.03. The summed E-state index contributed by atoms with van der Waals surface area (Å²) in [5.41, 5.74) is 4.45. The van der Waals surface area contributed by atoms with Gasteiger partial charge in [0.25, 0.3) is 0 Å². The van der Waals surface area contributed by atoms with Gasteiger partial charge in [-0.25, -0.2) is 4.18 Å². The van der Waals surface area contributed by atoms with Crippen molar-refractivity contribution in [2.45, 2.75) is 55.0 Å². The Bertz CT molecular complexity index is 531. The third-order valence-electron chi connectivity index (χ3n) is 4.45. The lowest BCUT2D eigenvalue weighted by Gasteiger charge is -2.36. The zero-order valence-electron chi connectivity index (χ0n) is 13.2. The van der Waals surface area contributed by atoms with Gasteiger partial charge >= 0.3 is 10.4 Å². The highest BCUT2D eigenvalue weighted by molar-refractivity contribution is 7.80. The molecule has 150 valence electrons. The van der Waals surface area contributed by atoms with E-state index in [1.165, 1.54) is 0 Å². The minimum absolute atomic E-state index is 0.256. The van der Waals surface area contributed by atoms with E-state index >= 15 is 0 Å². The van der Waals surface area contributed by atoms with Crippen LogP contribution in [0.4, 0.5) is 0 Å². The maximum Gasteiger partial charge on any atom is 0.397 e. The SMILES string of the molecule is NC1(C[C@@H](O)[C@@H](OS(=O)(=O)O)[C@H](O)[C@@H](O)CO)C[C@@H](O)[C@H](O)[C@H]1CO. The number of nitrogens with two attached hydrogens (primary N) is 1. The maximum absolute atomic E-state index is 10.9. The second-order valence-electron chi connectivity index (χ2n) is 6.28. The average Bonchev–Trinajstić information content (AvgIpc) is 2.71. The highest BCUT2D eigenvalue weighted by Gasteiger charge is 2.52. The van der Waals surface area contributed by atoms with Crippen LogP contribution < -0.4 is 5.73 Å². The third-order valence-corrected chi connectivity index (χ3v) is 4.92. The first-order chi connectivity index (χ1) is 11.4. The molecule has 10 N–H and O–H groups in total. The van der Waals surface area contributed by atoms with Gasteiger partial charge in [-0.1, -0.05) is 0 Å². The van der Waals surface area contributed by atoms with Crippen molar-refractivity contribution < 1.29 is 52.9 Å². The van der Waals surface area contributed by atoms with Gasteiger partial charge in [0, 0.05) is 11.5 Å². The summed E-state index contributed by atoms with van der Waals surface area (Å²) < 4.78 is 34.8. The van der Waals surface area contributed by atoms with Crippen LogP contribution in [0.15, 0.2) is 0 Å². The molecule has 0 bridgehead atoms. The van der Waals surface area contributed by atoms with Gasteiger partial charge in [-0.3, -0.25) is 4.55 Å². The molecular formula is C12H25NO11S. The molecule has 8 atom stereocenters. The number of hydrogen-bond acceptors (Lipinski definition) is 11. The van der Waals surface area contributed by atoms with E-state index in [2.05, 4.69) is 4.18 Å². The molecule has 1 aliphatic carbocycles. The molecule has 1 saturated carbocycles. The van der Waals surface area contributed by atoms with E-state index in [9.17, 15) is 39.1 Å². The Morgan fingerprint density at radius 1 is 1.16 bits per heavy atom. The van der Waals surface area contributed by atoms with Crippen LogP contribution in [0, 0.1) is 5.92 Å². The number of aliphatic hydroxyl groups excluding tert-OH is 7. The van der Waals surface area contributed by atoms with Gasteiger partial charge in [0.15, 0.2) is 0 Å². The third kappa shape index (κ3) is 5.51. The second kappa shape index (κ2) is 8.49. The standard InChI is InChI=1S/C12H25NO11S/c13-12(1-6(16)9(19)5(12)3-14)2-7(17)11(24-25(21,22)23)10(20)8(18)4-15/h5-11,14-20H,1-4,13H2,(H,21,22,23)/t5-,6-,7-,8+,9-,10-,11-,12?/m1/s1. The molecule has 0 saturated heterocycles. The molecular weight excluding hydrogens is 366 g/mol. The quantitative estimate of drug-likeness (QED) is 0.168. The topological polar surface area (TPSA) is 231 Å². The Kier molecular flexibility index (Phi) is 7.67. The zero-order chi connectivity index (χ0) is 19.6. The van der Waals surface area contributed by atoms with Gasteiger partial charge in [0.05, 0.1) is 31.5 Å². The van der Waals surface area contributed by atoms with Crippen LogP contribution in [0.5, 0.6) is 0 Å². The van der Waals surface area contributed by atoms with E-state index in [0.717, 1.165) is 0 Å². The molecule has 13 heteroatoms. The lowest BCUT2D eigenvalue weighted by atomic mass is 9.81. The van der Waals surface area contributed by atoms with Gasteiger partial charge in [0.1, 0.15) is 18.3 Å². The minimum Gasteiger partial charge on any atom is -0.396 e. The fourth-order valence-electron chi connectivity index (χ4n) is 3.12. The summed E-state index contributed by atoms with van der Waals surface area (Å²) in [6.45, 7) is -1.64. The van der Waals surface area contributed by atoms with Crippen molar-refractivity contribution >= 4 is 10.4 Å². The summed E-state index contributed by atoms with van der Waals surface area (Å²) in [6.07, 6.45) is -11.5. The van der Waals surface area contributed by atoms with Crippen molar-refractivity contribution in [2.75, 3.05) is 13.2 Å². The summed E-state index contributed by atoms with van der Waals surface area (Å²) in [4.78, 5) is 0. The normalized spacial score (nSPS) is 35.3. The van der Waals surface area contributed by atoms with Gasteiger partial charge in [-0.05, 0) is 12.8 Å². The van der Waals surface area contributed by atoms with Crippen molar-refractivity contribution in [1.82, 2.24) is 0 Å². The lowest BCUT2D eigenvalue weighted by Crippen LogP contribution is -2.55. The minimum atomic E-state index is -5.15. The van der Waals surface area contributed by atoms with Crippen LogP contribution in [-0.4, -0.2) is 104 Å². The zero-order valence-corrected chi connectivity index (χ0v) is 14.0. The fourth-order valence-corrected chi connectivity index (χ4v) is 3.64. The summed E-state index contributed by atoms with van der Waals surface area (Å²) in [5, 5.41) is 67.2. The molecule has 25 heavy (non-hydrogen) atoms. The highest BCUT2D eigenvalue weighted by atomic mass is 32.3. The second-order valence-corrected chi connectivity index (χ2v) is 7.33. The van der Waals surface area contributed by atoms with Gasteiger partial charge in [-0.2, -0.15) is 8.42 Å². The van der Waals surface area contributed by atoms with E-state index in [-0.39, 0.29) is 6.42 Å². The molecule has 1 aliphatic rings. The Hall–Kier alpha value is -0.450. The smallest absolute Gasteiger partial charge is 0.396 e. The highest BCUT2D eigenvalue weighted by Crippen LogP contribution is 2.38. The molecule has 1 fully saturated rings. The monoisotopic (exact) mass is 391 g/mol. The Morgan fingerprint density at radius 2 is 1.72 bits per heavy atom. The van der Waals surface area contributed by atoms with E-state index in [1.807, 2.05) is 0 Å². The van der Waals surface area contributed by atoms with Crippen LogP contribution in [0.3, 0.4) is 0 Å². The average molecular weight is 391 g/mol. The summed E-state index contributed by atoms with van der Waals surface area (Å²) in [7, 11) is -5.15. The van der Waals surface area contributed by atoms with E-state index < -0.39 is 78.1 Å². The van der Waals surface area contributed by atoms with Crippen molar-refractivity contribution in [3.8, 4) is 0 Å². The Morgan fingerprint density at radius 3 is 2.16 bits per heavy atom. The van der Waals surface area contributed by atoms with Crippen LogP contribution >= 0.6 is 0 Å². The largest absolute Gasteiger partial charge is 0.397 e. The number of hydrogen-bond donors (Lipinski definition) is 9. The van der Waals surface area contributed by atoms with Crippen LogP contribution in [0.25, 0.3) is 0 Å². The summed E-state index contributed by atoms with van der Waals surface area (Å²) >= 11 is 0. The fraction of sp³-hybridized carbons (Fsp3) is 1.00. The van der Waals surface area contributed by atoms with Gasteiger partial charge in [0.2, 0.25) is 0 Å². The van der Waals surface area contributed by atoms with Crippen molar-refractivity contribution in [1.29, 1.82) is 0 Å². The summed E-state index contributed by atoms with van der Waals surface area (Å²) in [5.74, 6) is -1.07. The summed E-state index contributed by atoms with van der Waals surface area (Å²) in [6, 6.07) is 0. The van der Waals surface area contributed by atoms with Crippen LogP contribution in [0.2, 0.25) is 0 Å². The first-order valence-corrected chi connectivity index (χ1v) is 8.79. The molecule has 0 heterocycles. The molecule has 0 aromatic carbocycles. The van der Waals surface area contributed by atoms with Crippen molar-refractivity contribution in [2.24, 2.45) is 11.7 Å². The molecule has 0 aliphatic heterocycles. The molecule has 1 unspecified atom stereocenters. The molecule has 1 rings (SSSR count). The molecule has 0 aromatic rings. The molecule has 0 spiro atoms. The number of aliphatic hydroxyl groups is 7. The first kappa shape index (κ1) is 22.6. The van der Waals surface area contributed by atoms with Crippen LogP contribution in [-0.2, 0) is 14.6 Å². The van der Waals surface area contributed by atoms with Crippen molar-refractivity contribution in [3.05, 3.63) is 0 Å². The molecule has 0 radical (unpaired) electrons. The van der Waals surface area contributed by atoms with E-state index in [4.69, 9.17) is 15.4 Å². The lowest BCUT2D eigenvalue weighted by molar-refractivity contribution is -0.112. The Labute approximate surface area is 144 Å². The van der Waals surface area contributed by atoms with E-state index in [1.54, 1.807) is 0 Å². The van der Waals surface area contributed by atoms with Crippen LogP contribution in [0.1, 0.15) is 12.8 Å². The number of rotatable bonds is 9. The first-order valence-electron chi connectivity index (χ1n) is 7.43. The maximum atomic E-state index is 10.9. The van der Waals surface area contributed by atoms with Gasteiger partial charge < -0.3 is 41.5 Å². The molecule has 0 amide bonds. The molecule has 0 aromatic heterocycles.